The van der Waals surface area contributed by atoms with Crippen molar-refractivity contribution in [3.05, 3.63) is 35.9 Å². The Morgan fingerprint density at radius 1 is 1.30 bits per heavy atom. The van der Waals surface area contributed by atoms with E-state index < -0.39 is 18.1 Å². The van der Waals surface area contributed by atoms with Gasteiger partial charge in [-0.15, -0.1) is 0 Å². The summed E-state index contributed by atoms with van der Waals surface area (Å²) in [6, 6.07) is 8.61. The van der Waals surface area contributed by atoms with Crippen molar-refractivity contribution in [3.63, 3.8) is 0 Å². The molecule has 5 nitrogen and oxygen atoms in total. The first-order valence-corrected chi connectivity index (χ1v) is 8.17. The van der Waals surface area contributed by atoms with E-state index in [1.807, 2.05) is 30.3 Å². The molecular formula is C18H25NO4. The number of hydrogen-bond donors (Lipinski definition) is 1. The molecule has 1 heterocycles. The second kappa shape index (κ2) is 7.99. The number of benzene rings is 1. The van der Waals surface area contributed by atoms with Crippen LogP contribution in [-0.4, -0.2) is 34.7 Å². The monoisotopic (exact) mass is 319 g/mol. The minimum atomic E-state index is -0.949. The fourth-order valence-electron chi connectivity index (χ4n) is 3.17. The first-order chi connectivity index (χ1) is 11.0. The lowest BCUT2D eigenvalue weighted by molar-refractivity contribution is -0.144. The van der Waals surface area contributed by atoms with E-state index in [4.69, 9.17) is 4.74 Å². The highest BCUT2D eigenvalue weighted by molar-refractivity contribution is 5.80. The number of likely N-dealkylation sites (tertiary alicyclic amines) is 1. The van der Waals surface area contributed by atoms with E-state index in [9.17, 15) is 14.7 Å². The Morgan fingerprint density at radius 2 is 2.00 bits per heavy atom. The number of aliphatic carboxylic acids is 1. The topological polar surface area (TPSA) is 66.8 Å². The summed E-state index contributed by atoms with van der Waals surface area (Å²) in [5, 5.41) is 9.45. The van der Waals surface area contributed by atoms with Crippen molar-refractivity contribution in [2.24, 2.45) is 11.8 Å². The Kier molecular flexibility index (Phi) is 6.02. The molecule has 0 unspecified atom stereocenters. The second-order valence-electron chi connectivity index (χ2n) is 6.61. The van der Waals surface area contributed by atoms with Gasteiger partial charge < -0.3 is 9.84 Å². The second-order valence-corrected chi connectivity index (χ2v) is 6.61. The fourth-order valence-corrected chi connectivity index (χ4v) is 3.17. The minimum Gasteiger partial charge on any atom is -0.480 e. The Balaban J connectivity index is 1.94. The van der Waals surface area contributed by atoms with Gasteiger partial charge in [0.25, 0.3) is 0 Å². The zero-order valence-electron chi connectivity index (χ0n) is 13.8. The summed E-state index contributed by atoms with van der Waals surface area (Å²) >= 11 is 0. The van der Waals surface area contributed by atoms with E-state index in [-0.39, 0.29) is 6.61 Å². The van der Waals surface area contributed by atoms with Crippen molar-refractivity contribution in [3.8, 4) is 0 Å². The molecule has 0 aromatic heterocycles. The van der Waals surface area contributed by atoms with Crippen molar-refractivity contribution >= 4 is 12.1 Å². The zero-order chi connectivity index (χ0) is 16.8. The van der Waals surface area contributed by atoms with Crippen molar-refractivity contribution in [2.45, 2.75) is 45.8 Å². The molecule has 5 heteroatoms. The molecule has 0 spiro atoms. The molecule has 1 aliphatic rings. The number of amides is 1. The first-order valence-electron chi connectivity index (χ1n) is 8.17. The lowest BCUT2D eigenvalue weighted by atomic mass is 9.85. The molecule has 0 saturated carbocycles. The number of hydrogen-bond acceptors (Lipinski definition) is 3. The summed E-state index contributed by atoms with van der Waals surface area (Å²) in [4.78, 5) is 25.1. The fraction of sp³-hybridized carbons (Fsp3) is 0.556. The van der Waals surface area contributed by atoms with Crippen molar-refractivity contribution in [1.82, 2.24) is 4.90 Å². The summed E-state index contributed by atoms with van der Waals surface area (Å²) in [6.45, 7) is 4.88. The molecule has 0 bridgehead atoms. The number of carbonyl (C=O) groups is 2. The largest absolute Gasteiger partial charge is 0.480 e. The van der Waals surface area contributed by atoms with Crippen LogP contribution in [0.25, 0.3) is 0 Å². The minimum absolute atomic E-state index is 0.165. The molecule has 1 aromatic carbocycles. The highest BCUT2D eigenvalue weighted by Crippen LogP contribution is 2.29. The third-order valence-corrected chi connectivity index (χ3v) is 4.24. The van der Waals surface area contributed by atoms with Gasteiger partial charge in [0.15, 0.2) is 0 Å². The maximum Gasteiger partial charge on any atom is 0.410 e. The van der Waals surface area contributed by atoms with Crippen LogP contribution in [0.2, 0.25) is 0 Å². The van der Waals surface area contributed by atoms with Crippen LogP contribution < -0.4 is 0 Å². The smallest absolute Gasteiger partial charge is 0.410 e. The van der Waals surface area contributed by atoms with Crippen molar-refractivity contribution in [2.75, 3.05) is 6.54 Å². The predicted molar refractivity (Wildman–Crippen MR) is 86.9 cm³/mol. The number of rotatable bonds is 5. The molecule has 1 saturated heterocycles. The molecule has 0 aliphatic carbocycles. The zero-order valence-corrected chi connectivity index (χ0v) is 13.8. The standard InChI is InChI=1S/C18H25NO4/c1-13(2)10-15-8-9-19(16(11-15)17(20)21)18(22)23-12-14-6-4-3-5-7-14/h3-7,13,15-16H,8-12H2,1-2H3,(H,20,21)/t15-,16-/m1/s1. The summed E-state index contributed by atoms with van der Waals surface area (Å²) in [6.07, 6.45) is 1.80. The van der Waals surface area contributed by atoms with Crippen molar-refractivity contribution in [1.29, 1.82) is 0 Å². The van der Waals surface area contributed by atoms with Crippen LogP contribution in [0.15, 0.2) is 30.3 Å². The molecule has 1 amide bonds. The Morgan fingerprint density at radius 3 is 2.61 bits per heavy atom. The van der Waals surface area contributed by atoms with Gasteiger partial charge in [0.05, 0.1) is 0 Å². The van der Waals surface area contributed by atoms with E-state index in [0.29, 0.717) is 24.8 Å². The highest BCUT2D eigenvalue weighted by atomic mass is 16.6. The maximum absolute atomic E-state index is 12.3. The predicted octanol–water partition coefficient (Wildman–Crippen LogP) is 3.53. The number of ether oxygens (including phenoxy) is 1. The Labute approximate surface area is 137 Å². The third-order valence-electron chi connectivity index (χ3n) is 4.24. The molecule has 1 aromatic rings. The Bertz CT molecular complexity index is 529. The van der Waals surface area contributed by atoms with Gasteiger partial charge >= 0.3 is 12.1 Å². The van der Waals surface area contributed by atoms with Crippen molar-refractivity contribution < 1.29 is 19.4 Å². The van der Waals surface area contributed by atoms with Gasteiger partial charge in [0.1, 0.15) is 12.6 Å². The molecule has 2 rings (SSSR count). The van der Waals surface area contributed by atoms with Crippen LogP contribution >= 0.6 is 0 Å². The number of carbonyl (C=O) groups excluding carboxylic acids is 1. The molecule has 1 N–H and O–H groups in total. The summed E-state index contributed by atoms with van der Waals surface area (Å²) in [5.41, 5.74) is 0.891. The van der Waals surface area contributed by atoms with E-state index in [1.165, 1.54) is 4.90 Å². The molecule has 23 heavy (non-hydrogen) atoms. The van der Waals surface area contributed by atoms with Gasteiger partial charge in [0.2, 0.25) is 0 Å². The molecule has 126 valence electrons. The summed E-state index contributed by atoms with van der Waals surface area (Å²) in [7, 11) is 0. The number of carboxylic acid groups (broad SMARTS) is 1. The van der Waals surface area contributed by atoms with Gasteiger partial charge in [-0.3, -0.25) is 4.90 Å². The van der Waals surface area contributed by atoms with Crippen LogP contribution in [-0.2, 0) is 16.1 Å². The van der Waals surface area contributed by atoms with Crippen LogP contribution in [0.4, 0.5) is 4.79 Å². The molecule has 1 aliphatic heterocycles. The van der Waals surface area contributed by atoms with Gasteiger partial charge in [-0.1, -0.05) is 44.2 Å². The van der Waals surface area contributed by atoms with Gasteiger partial charge in [0, 0.05) is 6.54 Å². The van der Waals surface area contributed by atoms with Gasteiger partial charge in [-0.2, -0.15) is 0 Å². The van der Waals surface area contributed by atoms with E-state index in [0.717, 1.165) is 18.4 Å². The highest BCUT2D eigenvalue weighted by Gasteiger charge is 2.37. The molecular weight excluding hydrogens is 294 g/mol. The first kappa shape index (κ1) is 17.3. The average Bonchev–Trinajstić information content (AvgIpc) is 2.53. The van der Waals surface area contributed by atoms with Gasteiger partial charge in [-0.05, 0) is 36.7 Å². The SMILES string of the molecule is CC(C)C[C@H]1CCN(C(=O)OCc2ccccc2)[C@@H](C(=O)O)C1. The van der Waals surface area contributed by atoms with Gasteiger partial charge in [-0.25, -0.2) is 9.59 Å². The van der Waals surface area contributed by atoms with Crippen LogP contribution in [0.3, 0.4) is 0 Å². The normalized spacial score (nSPS) is 21.3. The number of nitrogens with zero attached hydrogens (tertiary/aromatic N) is 1. The van der Waals surface area contributed by atoms with E-state index in [2.05, 4.69) is 13.8 Å². The quantitative estimate of drug-likeness (QED) is 0.901. The van der Waals surface area contributed by atoms with E-state index in [1.54, 1.807) is 0 Å². The van der Waals surface area contributed by atoms with Crippen LogP contribution in [0.1, 0.15) is 38.7 Å². The number of piperidine rings is 1. The van der Waals surface area contributed by atoms with Crippen LogP contribution in [0, 0.1) is 11.8 Å². The molecule has 1 fully saturated rings. The number of carboxylic acids is 1. The summed E-state index contributed by atoms with van der Waals surface area (Å²) in [5.74, 6) is -0.0598. The maximum atomic E-state index is 12.3. The average molecular weight is 319 g/mol. The lowest BCUT2D eigenvalue weighted by Gasteiger charge is -2.37. The van der Waals surface area contributed by atoms with Crippen LogP contribution in [0.5, 0.6) is 0 Å². The molecule has 0 radical (unpaired) electrons. The third kappa shape index (κ3) is 4.98. The Hall–Kier alpha value is -2.04. The summed E-state index contributed by atoms with van der Waals surface area (Å²) < 4.78 is 5.29. The van der Waals surface area contributed by atoms with E-state index >= 15 is 0 Å². The molecule has 2 atom stereocenters. The lowest BCUT2D eigenvalue weighted by Crippen LogP contribution is -2.50.